The van der Waals surface area contributed by atoms with Crippen molar-refractivity contribution in [3.05, 3.63) is 70.4 Å². The fourth-order valence-electron chi connectivity index (χ4n) is 3.65. The minimum Gasteiger partial charge on any atom is -0.399 e. The van der Waals surface area contributed by atoms with Gasteiger partial charge in [-0.2, -0.15) is 0 Å². The van der Waals surface area contributed by atoms with E-state index in [2.05, 4.69) is 4.98 Å². The number of rotatable bonds is 4. The van der Waals surface area contributed by atoms with Gasteiger partial charge in [0.05, 0.1) is 23.4 Å². The van der Waals surface area contributed by atoms with Gasteiger partial charge in [0.25, 0.3) is 11.5 Å². The van der Waals surface area contributed by atoms with Gasteiger partial charge in [-0.3, -0.25) is 9.59 Å². The third-order valence-corrected chi connectivity index (χ3v) is 6.29. The molecule has 3 aromatic rings. The minimum atomic E-state index is -0.479. The van der Waals surface area contributed by atoms with Gasteiger partial charge in [0, 0.05) is 25.7 Å². The molecule has 0 bridgehead atoms. The highest BCUT2D eigenvalue weighted by Crippen LogP contribution is 2.36. The summed E-state index contributed by atoms with van der Waals surface area (Å²) in [6.45, 7) is 8.34. The molecule has 0 unspecified atom stereocenters. The third kappa shape index (κ3) is 3.96. The summed E-state index contributed by atoms with van der Waals surface area (Å²) >= 11 is 0. The first kappa shape index (κ1) is 22.2. The largest absolute Gasteiger partial charge is 0.494 e. The molecule has 1 aromatic carbocycles. The van der Waals surface area contributed by atoms with Crippen LogP contribution >= 0.6 is 0 Å². The van der Waals surface area contributed by atoms with E-state index in [-0.39, 0.29) is 18.0 Å². The molecule has 1 fully saturated rings. The van der Waals surface area contributed by atoms with Gasteiger partial charge >= 0.3 is 7.12 Å². The van der Waals surface area contributed by atoms with Gasteiger partial charge in [0.2, 0.25) is 0 Å². The number of aromatic nitrogens is 2. The predicted octanol–water partition coefficient (Wildman–Crippen LogP) is 2.45. The average molecular weight is 433 g/mol. The quantitative estimate of drug-likeness (QED) is 0.591. The van der Waals surface area contributed by atoms with Crippen LogP contribution in [-0.2, 0) is 15.9 Å². The summed E-state index contributed by atoms with van der Waals surface area (Å²) in [5.41, 5.74) is 0.914. The lowest BCUT2D eigenvalue weighted by Crippen LogP contribution is -2.41. The molecule has 0 saturated carbocycles. The predicted molar refractivity (Wildman–Crippen MR) is 125 cm³/mol. The van der Waals surface area contributed by atoms with Crippen molar-refractivity contribution in [3.8, 4) is 0 Å². The fourth-order valence-corrected chi connectivity index (χ4v) is 3.65. The molecule has 166 valence electrons. The van der Waals surface area contributed by atoms with Crippen molar-refractivity contribution < 1.29 is 14.1 Å². The number of pyridine rings is 2. The zero-order chi connectivity index (χ0) is 23.3. The van der Waals surface area contributed by atoms with Crippen LogP contribution in [-0.4, -0.2) is 52.8 Å². The monoisotopic (exact) mass is 433 g/mol. The van der Waals surface area contributed by atoms with Gasteiger partial charge in [-0.25, -0.2) is 4.98 Å². The molecule has 0 N–H and O–H groups in total. The molecule has 8 heteroatoms. The number of benzene rings is 1. The van der Waals surface area contributed by atoms with Gasteiger partial charge in [-0.1, -0.05) is 18.2 Å². The van der Waals surface area contributed by atoms with Gasteiger partial charge < -0.3 is 18.8 Å². The molecule has 7 nitrogen and oxygen atoms in total. The molecule has 1 aliphatic rings. The first-order chi connectivity index (χ1) is 15.0. The zero-order valence-electron chi connectivity index (χ0n) is 19.4. The summed E-state index contributed by atoms with van der Waals surface area (Å²) in [5, 5.41) is 1.43. The topological polar surface area (TPSA) is 73.7 Å². The van der Waals surface area contributed by atoms with E-state index in [9.17, 15) is 9.59 Å². The maximum Gasteiger partial charge on any atom is 0.494 e. The van der Waals surface area contributed by atoms with Gasteiger partial charge in [-0.15, -0.1) is 0 Å². The molecule has 0 spiro atoms. The van der Waals surface area contributed by atoms with Crippen LogP contribution in [0.15, 0.2) is 53.5 Å². The Morgan fingerprint density at radius 3 is 2.41 bits per heavy atom. The Hall–Kier alpha value is -2.97. The summed E-state index contributed by atoms with van der Waals surface area (Å²) in [5.74, 6) is -0.173. The second-order valence-electron chi connectivity index (χ2n) is 9.40. The molecular formula is C24H28BN3O4. The molecule has 2 aromatic heterocycles. The van der Waals surface area contributed by atoms with E-state index in [4.69, 9.17) is 9.31 Å². The van der Waals surface area contributed by atoms with E-state index in [1.807, 2.05) is 58.0 Å². The molecule has 32 heavy (non-hydrogen) atoms. The number of nitrogens with zero attached hydrogens (tertiary/aromatic N) is 3. The third-order valence-electron chi connectivity index (χ3n) is 6.29. The standard InChI is InChI=1S/C24H28BN3O4/c1-23(2)24(3,4)32-25(31-23)17-10-11-19-16(14-17)12-13-28(21(19)29)15-18-8-7-9-20(26-18)22(30)27(5)6/h7-14H,15H2,1-6H3. The summed E-state index contributed by atoms with van der Waals surface area (Å²) in [4.78, 5) is 31.2. The molecule has 1 amide bonds. The van der Waals surface area contributed by atoms with E-state index >= 15 is 0 Å². The molecule has 1 saturated heterocycles. The molecule has 4 rings (SSSR count). The van der Waals surface area contributed by atoms with Crippen LogP contribution in [0.1, 0.15) is 43.9 Å². The molecule has 3 heterocycles. The normalized spacial score (nSPS) is 17.0. The number of carbonyl (C=O) groups is 1. The van der Waals surface area contributed by atoms with Crippen LogP contribution in [0.3, 0.4) is 0 Å². The van der Waals surface area contributed by atoms with Gasteiger partial charge in [0.1, 0.15) is 5.69 Å². The van der Waals surface area contributed by atoms with E-state index in [0.717, 1.165) is 10.8 Å². The number of hydrogen-bond donors (Lipinski definition) is 0. The zero-order valence-corrected chi connectivity index (χ0v) is 19.4. The second kappa shape index (κ2) is 7.87. The van der Waals surface area contributed by atoms with Crippen LogP contribution in [0.25, 0.3) is 10.8 Å². The molecular weight excluding hydrogens is 405 g/mol. The minimum absolute atomic E-state index is 0.117. The Morgan fingerprint density at radius 2 is 1.75 bits per heavy atom. The highest BCUT2D eigenvalue weighted by Gasteiger charge is 2.51. The Morgan fingerprint density at radius 1 is 1.06 bits per heavy atom. The number of amides is 1. The van der Waals surface area contributed by atoms with Crippen molar-refractivity contribution in [3.63, 3.8) is 0 Å². The Labute approximate surface area is 188 Å². The van der Waals surface area contributed by atoms with E-state index in [0.29, 0.717) is 16.8 Å². The Kier molecular flexibility index (Phi) is 5.47. The Bertz CT molecular complexity index is 1230. The van der Waals surface area contributed by atoms with Crippen LogP contribution in [0.5, 0.6) is 0 Å². The van der Waals surface area contributed by atoms with Crippen LogP contribution < -0.4 is 11.0 Å². The maximum absolute atomic E-state index is 13.1. The molecule has 0 aliphatic carbocycles. The lowest BCUT2D eigenvalue weighted by molar-refractivity contribution is 0.00578. The first-order valence-electron chi connectivity index (χ1n) is 10.6. The number of fused-ring (bicyclic) bond motifs is 1. The summed E-state index contributed by atoms with van der Waals surface area (Å²) in [6, 6.07) is 12.8. The average Bonchev–Trinajstić information content (AvgIpc) is 2.96. The summed E-state index contributed by atoms with van der Waals surface area (Å²) < 4.78 is 13.9. The first-order valence-corrected chi connectivity index (χ1v) is 10.6. The van der Waals surface area contributed by atoms with E-state index in [1.54, 1.807) is 37.0 Å². The van der Waals surface area contributed by atoms with Crippen molar-refractivity contribution in [2.75, 3.05) is 14.1 Å². The van der Waals surface area contributed by atoms with Crippen molar-refractivity contribution in [1.29, 1.82) is 0 Å². The van der Waals surface area contributed by atoms with Gasteiger partial charge in [-0.05, 0) is 62.8 Å². The SMILES string of the molecule is CN(C)C(=O)c1cccc(Cn2ccc3cc(B4OC(C)(C)C(C)(C)O4)ccc3c2=O)n1. The Balaban J connectivity index is 1.62. The van der Waals surface area contributed by atoms with Crippen LogP contribution in [0.4, 0.5) is 0 Å². The highest BCUT2D eigenvalue weighted by atomic mass is 16.7. The molecule has 0 atom stereocenters. The van der Waals surface area contributed by atoms with Crippen molar-refractivity contribution in [2.45, 2.75) is 45.4 Å². The lowest BCUT2D eigenvalue weighted by atomic mass is 9.78. The fraction of sp³-hybridized carbons (Fsp3) is 0.375. The van der Waals surface area contributed by atoms with Crippen LogP contribution in [0, 0.1) is 0 Å². The van der Waals surface area contributed by atoms with Crippen molar-refractivity contribution in [2.24, 2.45) is 0 Å². The van der Waals surface area contributed by atoms with Crippen LogP contribution in [0.2, 0.25) is 0 Å². The van der Waals surface area contributed by atoms with E-state index in [1.165, 1.54) is 4.90 Å². The lowest BCUT2D eigenvalue weighted by Gasteiger charge is -2.32. The highest BCUT2D eigenvalue weighted by molar-refractivity contribution is 6.62. The molecule has 1 aliphatic heterocycles. The number of carbonyl (C=O) groups excluding carboxylic acids is 1. The van der Waals surface area contributed by atoms with E-state index < -0.39 is 18.3 Å². The summed E-state index contributed by atoms with van der Waals surface area (Å²) in [6.07, 6.45) is 1.75. The van der Waals surface area contributed by atoms with Crippen molar-refractivity contribution >= 4 is 29.3 Å². The maximum atomic E-state index is 13.1. The van der Waals surface area contributed by atoms with Crippen molar-refractivity contribution in [1.82, 2.24) is 14.5 Å². The second-order valence-corrected chi connectivity index (χ2v) is 9.40. The molecule has 0 radical (unpaired) electrons. The number of hydrogen-bond acceptors (Lipinski definition) is 5. The summed E-state index contributed by atoms with van der Waals surface area (Å²) in [7, 11) is 2.89. The van der Waals surface area contributed by atoms with Gasteiger partial charge in [0.15, 0.2) is 0 Å². The smallest absolute Gasteiger partial charge is 0.399 e.